The second kappa shape index (κ2) is 10.5. The Morgan fingerprint density at radius 2 is 2.07 bits per heavy atom. The fraction of sp³-hybridized carbons (Fsp3) is 0.778. The molecule has 0 aromatic heterocycles. The SMILES string of the molecule is CCCCOC(=O)COC(=O)SCCI. The minimum Gasteiger partial charge on any atom is -0.463 e. The lowest BCUT2D eigenvalue weighted by Crippen LogP contribution is -2.15. The Kier molecular flexibility index (Phi) is 10.5. The topological polar surface area (TPSA) is 52.6 Å². The first-order valence-corrected chi connectivity index (χ1v) is 7.23. The van der Waals surface area contributed by atoms with Gasteiger partial charge in [-0.3, -0.25) is 0 Å². The summed E-state index contributed by atoms with van der Waals surface area (Å²) in [6, 6.07) is 0. The van der Waals surface area contributed by atoms with Crippen LogP contribution in [0.5, 0.6) is 0 Å². The number of thioether (sulfide) groups is 1. The summed E-state index contributed by atoms with van der Waals surface area (Å²) in [7, 11) is 0. The van der Waals surface area contributed by atoms with Gasteiger partial charge in [-0.25, -0.2) is 9.59 Å². The number of alkyl halides is 1. The molecule has 0 spiro atoms. The average molecular weight is 346 g/mol. The summed E-state index contributed by atoms with van der Waals surface area (Å²) in [5, 5.41) is -0.417. The fourth-order valence-corrected chi connectivity index (χ4v) is 1.70. The normalized spacial score (nSPS) is 9.73. The van der Waals surface area contributed by atoms with Gasteiger partial charge in [0.05, 0.1) is 6.61 Å². The van der Waals surface area contributed by atoms with E-state index >= 15 is 0 Å². The molecule has 0 saturated carbocycles. The third-order valence-electron chi connectivity index (χ3n) is 1.37. The molecule has 0 aliphatic carbocycles. The Hall–Kier alpha value is 0.0200. The van der Waals surface area contributed by atoms with Gasteiger partial charge in [0.1, 0.15) is 0 Å². The molecule has 0 heterocycles. The first kappa shape index (κ1) is 15.0. The van der Waals surface area contributed by atoms with Gasteiger partial charge in [0.2, 0.25) is 0 Å². The Morgan fingerprint density at radius 1 is 1.33 bits per heavy atom. The molecule has 88 valence electrons. The summed E-state index contributed by atoms with van der Waals surface area (Å²) in [5.74, 6) is 0.219. The molecule has 0 atom stereocenters. The van der Waals surface area contributed by atoms with Gasteiger partial charge in [0, 0.05) is 10.2 Å². The van der Waals surface area contributed by atoms with Crippen LogP contribution in [0.2, 0.25) is 0 Å². The van der Waals surface area contributed by atoms with Crippen molar-refractivity contribution in [1.29, 1.82) is 0 Å². The Bertz CT molecular complexity index is 199. The van der Waals surface area contributed by atoms with Gasteiger partial charge in [-0.05, 0) is 18.2 Å². The molecule has 0 aromatic rings. The van der Waals surface area contributed by atoms with Gasteiger partial charge in [-0.1, -0.05) is 35.9 Å². The van der Waals surface area contributed by atoms with Crippen LogP contribution in [0.4, 0.5) is 4.79 Å². The van der Waals surface area contributed by atoms with E-state index in [9.17, 15) is 9.59 Å². The molecule has 0 fully saturated rings. The van der Waals surface area contributed by atoms with E-state index in [1.54, 1.807) is 0 Å². The van der Waals surface area contributed by atoms with E-state index in [1.165, 1.54) is 0 Å². The number of halogens is 1. The first-order chi connectivity index (χ1) is 7.20. The van der Waals surface area contributed by atoms with Crippen molar-refractivity contribution in [2.75, 3.05) is 23.4 Å². The molecule has 4 nitrogen and oxygen atoms in total. The van der Waals surface area contributed by atoms with E-state index in [0.717, 1.165) is 29.0 Å². The Labute approximate surface area is 108 Å². The number of unbranched alkanes of at least 4 members (excludes halogenated alkanes) is 1. The van der Waals surface area contributed by atoms with Crippen LogP contribution in [-0.4, -0.2) is 34.7 Å². The molecule has 0 bridgehead atoms. The van der Waals surface area contributed by atoms with Crippen LogP contribution >= 0.6 is 34.4 Å². The molecule has 0 radical (unpaired) electrons. The second-order valence-electron chi connectivity index (χ2n) is 2.65. The zero-order valence-electron chi connectivity index (χ0n) is 8.66. The summed E-state index contributed by atoms with van der Waals surface area (Å²) >= 11 is 3.24. The van der Waals surface area contributed by atoms with E-state index in [2.05, 4.69) is 27.3 Å². The summed E-state index contributed by atoms with van der Waals surface area (Å²) < 4.78 is 10.4. The molecule has 0 unspecified atom stereocenters. The molecule has 0 aromatic carbocycles. The smallest absolute Gasteiger partial charge is 0.367 e. The maximum absolute atomic E-state index is 11.0. The monoisotopic (exact) mass is 346 g/mol. The van der Waals surface area contributed by atoms with E-state index < -0.39 is 11.3 Å². The number of rotatable bonds is 7. The molecular formula is C9H15IO4S. The van der Waals surface area contributed by atoms with E-state index in [1.807, 2.05) is 6.92 Å². The molecule has 0 amide bonds. The third kappa shape index (κ3) is 10.3. The van der Waals surface area contributed by atoms with E-state index in [4.69, 9.17) is 4.74 Å². The highest BCUT2D eigenvalue weighted by atomic mass is 127. The molecule has 0 rings (SSSR count). The summed E-state index contributed by atoms with van der Waals surface area (Å²) in [6.07, 6.45) is 1.81. The molecule has 15 heavy (non-hydrogen) atoms. The van der Waals surface area contributed by atoms with Crippen molar-refractivity contribution in [2.45, 2.75) is 19.8 Å². The zero-order valence-corrected chi connectivity index (χ0v) is 11.6. The highest BCUT2D eigenvalue weighted by molar-refractivity contribution is 14.1. The molecular weight excluding hydrogens is 331 g/mol. The summed E-state index contributed by atoms with van der Waals surface area (Å²) in [4.78, 5) is 22.0. The van der Waals surface area contributed by atoms with Crippen molar-refractivity contribution < 1.29 is 19.1 Å². The molecule has 0 saturated heterocycles. The maximum atomic E-state index is 11.0. The van der Waals surface area contributed by atoms with Gasteiger partial charge in [-0.2, -0.15) is 0 Å². The van der Waals surface area contributed by atoms with Gasteiger partial charge in [0.15, 0.2) is 6.61 Å². The molecule has 0 aliphatic heterocycles. The van der Waals surface area contributed by atoms with Crippen molar-refractivity contribution in [3.8, 4) is 0 Å². The predicted octanol–water partition coefficient (Wildman–Crippen LogP) is 2.63. The standard InChI is InChI=1S/C9H15IO4S/c1-2-3-5-13-8(11)7-14-9(12)15-6-4-10/h2-7H2,1H3. The lowest BCUT2D eigenvalue weighted by molar-refractivity contribution is -0.146. The van der Waals surface area contributed by atoms with Gasteiger partial charge < -0.3 is 9.47 Å². The molecule has 0 aliphatic rings. The first-order valence-electron chi connectivity index (χ1n) is 4.71. The average Bonchev–Trinajstić information content (AvgIpc) is 2.24. The lowest BCUT2D eigenvalue weighted by Gasteiger charge is -2.04. The summed E-state index contributed by atoms with van der Waals surface area (Å²) in [5.41, 5.74) is 0. The van der Waals surface area contributed by atoms with E-state index in [-0.39, 0.29) is 6.61 Å². The fourth-order valence-electron chi connectivity index (χ4n) is 0.653. The van der Waals surface area contributed by atoms with Gasteiger partial charge >= 0.3 is 11.3 Å². The van der Waals surface area contributed by atoms with Crippen LogP contribution in [0.3, 0.4) is 0 Å². The Morgan fingerprint density at radius 3 is 2.67 bits per heavy atom. The van der Waals surface area contributed by atoms with Crippen LogP contribution < -0.4 is 0 Å². The third-order valence-corrected chi connectivity index (χ3v) is 3.40. The second-order valence-corrected chi connectivity index (χ2v) is 4.76. The number of esters is 1. The number of ether oxygens (including phenoxy) is 2. The molecule has 0 N–H and O–H groups in total. The van der Waals surface area contributed by atoms with Crippen molar-refractivity contribution in [1.82, 2.24) is 0 Å². The van der Waals surface area contributed by atoms with Crippen LogP contribution in [0.1, 0.15) is 19.8 Å². The number of hydrogen-bond donors (Lipinski definition) is 0. The van der Waals surface area contributed by atoms with E-state index in [0.29, 0.717) is 12.4 Å². The Balaban J connectivity index is 3.40. The van der Waals surface area contributed by atoms with Crippen LogP contribution in [0.25, 0.3) is 0 Å². The largest absolute Gasteiger partial charge is 0.463 e. The maximum Gasteiger partial charge on any atom is 0.367 e. The minimum atomic E-state index is -0.480. The zero-order chi connectivity index (χ0) is 11.5. The highest BCUT2D eigenvalue weighted by Crippen LogP contribution is 2.06. The highest BCUT2D eigenvalue weighted by Gasteiger charge is 2.08. The van der Waals surface area contributed by atoms with Crippen molar-refractivity contribution >= 4 is 45.6 Å². The number of carbonyl (C=O) groups excluding carboxylic acids is 2. The van der Waals surface area contributed by atoms with Gasteiger partial charge in [0.25, 0.3) is 0 Å². The van der Waals surface area contributed by atoms with Crippen LogP contribution in [-0.2, 0) is 14.3 Å². The number of hydrogen-bond acceptors (Lipinski definition) is 5. The minimum absolute atomic E-state index is 0.281. The van der Waals surface area contributed by atoms with Crippen molar-refractivity contribution in [3.63, 3.8) is 0 Å². The molecule has 6 heteroatoms. The van der Waals surface area contributed by atoms with Crippen LogP contribution in [0.15, 0.2) is 0 Å². The van der Waals surface area contributed by atoms with Crippen LogP contribution in [0, 0.1) is 0 Å². The van der Waals surface area contributed by atoms with Crippen molar-refractivity contribution in [2.24, 2.45) is 0 Å². The summed E-state index contributed by atoms with van der Waals surface area (Å²) in [6.45, 7) is 2.12. The number of carbonyl (C=O) groups is 2. The van der Waals surface area contributed by atoms with Crippen molar-refractivity contribution in [3.05, 3.63) is 0 Å². The van der Waals surface area contributed by atoms with Gasteiger partial charge in [-0.15, -0.1) is 0 Å². The predicted molar refractivity (Wildman–Crippen MR) is 68.6 cm³/mol. The quantitative estimate of drug-likeness (QED) is 0.307. The lowest BCUT2D eigenvalue weighted by atomic mass is 10.4.